The molecule has 0 saturated heterocycles. The molecule has 2 aromatic carbocycles. The average Bonchev–Trinajstić information content (AvgIpc) is 2.34. The highest BCUT2D eigenvalue weighted by molar-refractivity contribution is 5.66. The van der Waals surface area contributed by atoms with Crippen LogP contribution in [-0.4, -0.2) is 7.11 Å². The molecule has 1 N–H and O–H groups in total. The Morgan fingerprint density at radius 1 is 0.882 bits per heavy atom. The molecule has 2 nitrogen and oxygen atoms in total. The van der Waals surface area contributed by atoms with E-state index in [1.807, 2.05) is 30.3 Å². The van der Waals surface area contributed by atoms with Crippen LogP contribution in [0.2, 0.25) is 0 Å². The zero-order chi connectivity index (χ0) is 12.3. The molecular formula is C15H17NO. The quantitative estimate of drug-likeness (QED) is 0.853. The summed E-state index contributed by atoms with van der Waals surface area (Å²) < 4.78 is 5.20. The molecule has 0 spiro atoms. The van der Waals surface area contributed by atoms with Crippen LogP contribution in [0.3, 0.4) is 0 Å². The van der Waals surface area contributed by atoms with Crippen molar-refractivity contribution in [2.75, 3.05) is 12.4 Å². The summed E-state index contributed by atoms with van der Waals surface area (Å²) in [7, 11) is 1.68. The Kier molecular flexibility index (Phi) is 3.33. The van der Waals surface area contributed by atoms with Crippen LogP contribution in [0.1, 0.15) is 11.1 Å². The molecular weight excluding hydrogens is 210 g/mol. The van der Waals surface area contributed by atoms with Gasteiger partial charge in [0.2, 0.25) is 0 Å². The second-order valence-electron chi connectivity index (χ2n) is 4.12. The van der Waals surface area contributed by atoms with Crippen LogP contribution >= 0.6 is 0 Å². The summed E-state index contributed by atoms with van der Waals surface area (Å²) >= 11 is 0. The summed E-state index contributed by atoms with van der Waals surface area (Å²) in [5, 5.41) is 3.44. The van der Waals surface area contributed by atoms with E-state index < -0.39 is 0 Å². The lowest BCUT2D eigenvalue weighted by atomic mass is 10.1. The highest BCUT2D eigenvalue weighted by atomic mass is 16.5. The van der Waals surface area contributed by atoms with Crippen molar-refractivity contribution in [1.29, 1.82) is 0 Å². The number of hydrogen-bond donors (Lipinski definition) is 1. The predicted octanol–water partition coefficient (Wildman–Crippen LogP) is 4.06. The number of aryl methyl sites for hydroxylation is 2. The summed E-state index contributed by atoms with van der Waals surface area (Å²) in [6.07, 6.45) is 0. The first kappa shape index (κ1) is 11.5. The highest BCUT2D eigenvalue weighted by Crippen LogP contribution is 2.25. The molecule has 0 aliphatic carbocycles. The lowest BCUT2D eigenvalue weighted by molar-refractivity contribution is 0.414. The van der Waals surface area contributed by atoms with Crippen LogP contribution in [-0.2, 0) is 0 Å². The zero-order valence-electron chi connectivity index (χ0n) is 10.4. The topological polar surface area (TPSA) is 21.3 Å². The van der Waals surface area contributed by atoms with Crippen LogP contribution < -0.4 is 10.1 Å². The van der Waals surface area contributed by atoms with E-state index in [0.717, 1.165) is 17.1 Å². The van der Waals surface area contributed by atoms with Crippen LogP contribution in [0, 0.1) is 13.8 Å². The van der Waals surface area contributed by atoms with Gasteiger partial charge in [0, 0.05) is 11.4 Å². The number of hydrogen-bond acceptors (Lipinski definition) is 2. The van der Waals surface area contributed by atoms with E-state index in [0.29, 0.717) is 0 Å². The molecule has 0 amide bonds. The Hall–Kier alpha value is -1.96. The highest BCUT2D eigenvalue weighted by Gasteiger charge is 2.02. The Morgan fingerprint density at radius 2 is 1.59 bits per heavy atom. The second-order valence-corrected chi connectivity index (χ2v) is 4.12. The van der Waals surface area contributed by atoms with Crippen molar-refractivity contribution in [2.24, 2.45) is 0 Å². The molecule has 0 radical (unpaired) electrons. The fraction of sp³-hybridized carbons (Fsp3) is 0.200. The molecule has 2 rings (SSSR count). The van der Waals surface area contributed by atoms with Crippen molar-refractivity contribution in [3.8, 4) is 5.75 Å². The SMILES string of the molecule is COc1ccc(Nc2ccccc2C)c(C)c1. The van der Waals surface area contributed by atoms with Crippen molar-refractivity contribution in [2.45, 2.75) is 13.8 Å². The first-order valence-corrected chi connectivity index (χ1v) is 5.68. The summed E-state index contributed by atoms with van der Waals surface area (Å²) in [5.41, 5.74) is 4.66. The number of nitrogens with one attached hydrogen (secondary N) is 1. The predicted molar refractivity (Wildman–Crippen MR) is 72.2 cm³/mol. The molecule has 0 bridgehead atoms. The third kappa shape index (κ3) is 2.59. The van der Waals surface area contributed by atoms with Crippen molar-refractivity contribution in [1.82, 2.24) is 0 Å². The summed E-state index contributed by atoms with van der Waals surface area (Å²) in [4.78, 5) is 0. The van der Waals surface area contributed by atoms with Crippen molar-refractivity contribution >= 4 is 11.4 Å². The van der Waals surface area contributed by atoms with Gasteiger partial charge in [0.15, 0.2) is 0 Å². The van der Waals surface area contributed by atoms with Gasteiger partial charge in [-0.25, -0.2) is 0 Å². The van der Waals surface area contributed by atoms with Crippen molar-refractivity contribution in [3.63, 3.8) is 0 Å². The summed E-state index contributed by atoms with van der Waals surface area (Å²) in [5.74, 6) is 0.887. The normalized spacial score (nSPS) is 10.1. The maximum absolute atomic E-state index is 5.20. The molecule has 0 saturated carbocycles. The Bertz CT molecular complexity index is 520. The van der Waals surface area contributed by atoms with Gasteiger partial charge in [0.25, 0.3) is 0 Å². The smallest absolute Gasteiger partial charge is 0.119 e. The standard InChI is InChI=1S/C15H17NO/c1-11-6-4-5-7-14(11)16-15-9-8-13(17-3)10-12(15)2/h4-10,16H,1-3H3. The molecule has 2 heteroatoms. The van der Waals surface area contributed by atoms with Gasteiger partial charge in [-0.05, 0) is 49.2 Å². The molecule has 0 aliphatic rings. The Balaban J connectivity index is 2.28. The van der Waals surface area contributed by atoms with Crippen LogP contribution in [0.4, 0.5) is 11.4 Å². The third-order valence-electron chi connectivity index (χ3n) is 2.85. The second kappa shape index (κ2) is 4.91. The van der Waals surface area contributed by atoms with E-state index in [1.165, 1.54) is 11.1 Å². The van der Waals surface area contributed by atoms with Crippen LogP contribution in [0.15, 0.2) is 42.5 Å². The minimum atomic E-state index is 0.887. The number of methoxy groups -OCH3 is 1. The molecule has 0 aromatic heterocycles. The lowest BCUT2D eigenvalue weighted by Crippen LogP contribution is -1.95. The lowest BCUT2D eigenvalue weighted by Gasteiger charge is -2.12. The monoisotopic (exact) mass is 227 g/mol. The van der Waals surface area contributed by atoms with Crippen molar-refractivity contribution in [3.05, 3.63) is 53.6 Å². The number of para-hydroxylation sites is 1. The van der Waals surface area contributed by atoms with Gasteiger partial charge < -0.3 is 10.1 Å². The average molecular weight is 227 g/mol. The third-order valence-corrected chi connectivity index (χ3v) is 2.85. The van der Waals surface area contributed by atoms with E-state index in [1.54, 1.807) is 7.11 Å². The van der Waals surface area contributed by atoms with Crippen LogP contribution in [0.5, 0.6) is 5.75 Å². The van der Waals surface area contributed by atoms with E-state index in [4.69, 9.17) is 4.74 Å². The first-order chi connectivity index (χ1) is 8.20. The Morgan fingerprint density at radius 3 is 2.24 bits per heavy atom. The van der Waals surface area contributed by atoms with Crippen LogP contribution in [0.25, 0.3) is 0 Å². The molecule has 2 aromatic rings. The molecule has 0 atom stereocenters. The van der Waals surface area contributed by atoms with Gasteiger partial charge in [-0.2, -0.15) is 0 Å². The fourth-order valence-corrected chi connectivity index (χ4v) is 1.76. The first-order valence-electron chi connectivity index (χ1n) is 5.68. The van der Waals surface area contributed by atoms with E-state index in [2.05, 4.69) is 31.3 Å². The maximum atomic E-state index is 5.20. The summed E-state index contributed by atoms with van der Waals surface area (Å²) in [6, 6.07) is 14.3. The zero-order valence-corrected chi connectivity index (χ0v) is 10.4. The van der Waals surface area contributed by atoms with E-state index in [9.17, 15) is 0 Å². The molecule has 17 heavy (non-hydrogen) atoms. The van der Waals surface area contributed by atoms with Gasteiger partial charge in [0.1, 0.15) is 5.75 Å². The number of benzene rings is 2. The van der Waals surface area contributed by atoms with Gasteiger partial charge in [-0.1, -0.05) is 18.2 Å². The molecule has 0 fully saturated rings. The maximum Gasteiger partial charge on any atom is 0.119 e. The molecule has 0 unspecified atom stereocenters. The molecule has 0 heterocycles. The minimum Gasteiger partial charge on any atom is -0.497 e. The number of anilines is 2. The Labute approximate surface area is 102 Å². The van der Waals surface area contributed by atoms with Gasteiger partial charge in [0.05, 0.1) is 7.11 Å². The van der Waals surface area contributed by atoms with Gasteiger partial charge in [-0.15, -0.1) is 0 Å². The van der Waals surface area contributed by atoms with Gasteiger partial charge >= 0.3 is 0 Å². The number of ether oxygens (including phenoxy) is 1. The molecule has 88 valence electrons. The van der Waals surface area contributed by atoms with Crippen molar-refractivity contribution < 1.29 is 4.74 Å². The summed E-state index contributed by atoms with van der Waals surface area (Å²) in [6.45, 7) is 4.17. The fourth-order valence-electron chi connectivity index (χ4n) is 1.76. The largest absolute Gasteiger partial charge is 0.497 e. The number of rotatable bonds is 3. The van der Waals surface area contributed by atoms with Gasteiger partial charge in [-0.3, -0.25) is 0 Å². The minimum absolute atomic E-state index is 0.887. The van der Waals surface area contributed by atoms with E-state index >= 15 is 0 Å². The van der Waals surface area contributed by atoms with E-state index in [-0.39, 0.29) is 0 Å². The molecule has 0 aliphatic heterocycles.